The third-order valence-electron chi connectivity index (χ3n) is 3.34. The van der Waals surface area contributed by atoms with E-state index in [4.69, 9.17) is 5.73 Å². The van der Waals surface area contributed by atoms with Gasteiger partial charge in [0, 0.05) is 24.8 Å². The Kier molecular flexibility index (Phi) is 2.97. The minimum absolute atomic E-state index is 0.302. The highest BCUT2D eigenvalue weighted by molar-refractivity contribution is 5.81. The average molecular weight is 252 g/mol. The largest absolute Gasteiger partial charge is 0.508 e. The van der Waals surface area contributed by atoms with Crippen molar-refractivity contribution >= 4 is 10.9 Å². The lowest BCUT2D eigenvalue weighted by Crippen LogP contribution is -1.99. The van der Waals surface area contributed by atoms with Crippen LogP contribution in [0.3, 0.4) is 0 Å². The molecule has 0 spiro atoms. The molecule has 19 heavy (non-hydrogen) atoms. The van der Waals surface area contributed by atoms with Crippen LogP contribution >= 0.6 is 0 Å². The number of nitrogens with two attached hydrogens (primary N) is 1. The van der Waals surface area contributed by atoms with Gasteiger partial charge >= 0.3 is 0 Å². The highest BCUT2D eigenvalue weighted by atomic mass is 16.3. The molecular weight excluding hydrogens is 236 g/mol. The molecule has 0 fully saturated rings. The Hall–Kier alpha value is -2.26. The zero-order valence-corrected chi connectivity index (χ0v) is 10.6. The van der Waals surface area contributed by atoms with E-state index < -0.39 is 0 Å². The molecule has 3 nitrogen and oxygen atoms in total. The van der Waals surface area contributed by atoms with Crippen LogP contribution < -0.4 is 5.73 Å². The van der Waals surface area contributed by atoms with Crippen LogP contribution in [0.4, 0.5) is 0 Å². The minimum atomic E-state index is 0.302. The molecule has 3 N–H and O–H groups in total. The molecule has 0 aliphatic heterocycles. The molecule has 0 bridgehead atoms. The van der Waals surface area contributed by atoms with E-state index in [2.05, 4.69) is 35.0 Å². The van der Waals surface area contributed by atoms with E-state index in [1.54, 1.807) is 12.1 Å². The van der Waals surface area contributed by atoms with E-state index in [1.807, 2.05) is 12.1 Å². The maximum atomic E-state index is 9.51. The standard InChI is InChI=1S/C16H16N2O/c17-10-12-4-5-14-6-7-18(16(14)9-12)11-13-2-1-3-15(19)8-13/h1-9,19H,10-11,17H2. The van der Waals surface area contributed by atoms with E-state index in [0.717, 1.165) is 17.7 Å². The van der Waals surface area contributed by atoms with Gasteiger partial charge in [-0.05, 0) is 40.8 Å². The number of rotatable bonds is 3. The first-order chi connectivity index (χ1) is 9.26. The zero-order chi connectivity index (χ0) is 13.2. The molecule has 0 amide bonds. The Morgan fingerprint density at radius 3 is 2.68 bits per heavy atom. The number of hydrogen-bond donors (Lipinski definition) is 2. The van der Waals surface area contributed by atoms with Gasteiger partial charge in [0.15, 0.2) is 0 Å². The molecule has 0 aliphatic carbocycles. The van der Waals surface area contributed by atoms with Crippen molar-refractivity contribution < 1.29 is 5.11 Å². The van der Waals surface area contributed by atoms with Crippen molar-refractivity contribution in [1.82, 2.24) is 4.57 Å². The number of benzene rings is 2. The molecule has 0 saturated heterocycles. The van der Waals surface area contributed by atoms with Gasteiger partial charge in [-0.25, -0.2) is 0 Å². The molecule has 1 aromatic heterocycles. The smallest absolute Gasteiger partial charge is 0.115 e. The third-order valence-corrected chi connectivity index (χ3v) is 3.34. The summed E-state index contributed by atoms with van der Waals surface area (Å²) in [4.78, 5) is 0. The van der Waals surface area contributed by atoms with Crippen LogP contribution in [0.2, 0.25) is 0 Å². The molecule has 3 heteroatoms. The van der Waals surface area contributed by atoms with Crippen LogP contribution in [-0.2, 0) is 13.1 Å². The first kappa shape index (κ1) is 11.8. The van der Waals surface area contributed by atoms with Gasteiger partial charge in [-0.15, -0.1) is 0 Å². The highest BCUT2D eigenvalue weighted by Gasteiger charge is 2.03. The number of aromatic nitrogens is 1. The van der Waals surface area contributed by atoms with Gasteiger partial charge in [0.2, 0.25) is 0 Å². The van der Waals surface area contributed by atoms with Crippen LogP contribution in [-0.4, -0.2) is 9.67 Å². The number of fused-ring (bicyclic) bond motifs is 1. The van der Waals surface area contributed by atoms with E-state index in [-0.39, 0.29) is 0 Å². The molecule has 3 rings (SSSR count). The monoisotopic (exact) mass is 252 g/mol. The van der Waals surface area contributed by atoms with Gasteiger partial charge in [0.1, 0.15) is 5.75 Å². The number of aromatic hydroxyl groups is 1. The lowest BCUT2D eigenvalue weighted by Gasteiger charge is -2.07. The Morgan fingerprint density at radius 1 is 1.00 bits per heavy atom. The lowest BCUT2D eigenvalue weighted by atomic mass is 10.1. The fourth-order valence-corrected chi connectivity index (χ4v) is 2.35. The van der Waals surface area contributed by atoms with Crippen LogP contribution in [0.15, 0.2) is 54.7 Å². The predicted octanol–water partition coefficient (Wildman–Crippen LogP) is 2.85. The summed E-state index contributed by atoms with van der Waals surface area (Å²) in [6.07, 6.45) is 2.06. The van der Waals surface area contributed by atoms with Crippen molar-refractivity contribution in [2.75, 3.05) is 0 Å². The first-order valence-corrected chi connectivity index (χ1v) is 6.32. The molecular formula is C16H16N2O. The van der Waals surface area contributed by atoms with Crippen LogP contribution in [0.1, 0.15) is 11.1 Å². The summed E-state index contributed by atoms with van der Waals surface area (Å²) in [6, 6.07) is 15.7. The normalized spacial score (nSPS) is 11.0. The van der Waals surface area contributed by atoms with Crippen molar-refractivity contribution in [3.05, 3.63) is 65.9 Å². The first-order valence-electron chi connectivity index (χ1n) is 6.32. The Bertz CT molecular complexity index is 716. The summed E-state index contributed by atoms with van der Waals surface area (Å²) < 4.78 is 2.17. The fourth-order valence-electron chi connectivity index (χ4n) is 2.35. The van der Waals surface area contributed by atoms with Crippen molar-refractivity contribution in [3.63, 3.8) is 0 Å². The van der Waals surface area contributed by atoms with Crippen LogP contribution in [0.5, 0.6) is 5.75 Å². The molecule has 3 aromatic rings. The summed E-state index contributed by atoms with van der Waals surface area (Å²) >= 11 is 0. The predicted molar refractivity (Wildman–Crippen MR) is 77.0 cm³/mol. The van der Waals surface area contributed by atoms with E-state index >= 15 is 0 Å². The summed E-state index contributed by atoms with van der Waals surface area (Å²) in [5.74, 6) is 0.302. The van der Waals surface area contributed by atoms with Crippen LogP contribution in [0.25, 0.3) is 10.9 Å². The summed E-state index contributed by atoms with van der Waals surface area (Å²) in [5.41, 5.74) is 9.07. The maximum Gasteiger partial charge on any atom is 0.115 e. The zero-order valence-electron chi connectivity index (χ0n) is 10.6. The lowest BCUT2D eigenvalue weighted by molar-refractivity contribution is 0.474. The third kappa shape index (κ3) is 2.33. The second-order valence-electron chi connectivity index (χ2n) is 4.71. The minimum Gasteiger partial charge on any atom is -0.508 e. The topological polar surface area (TPSA) is 51.2 Å². The number of nitrogens with zero attached hydrogens (tertiary/aromatic N) is 1. The van der Waals surface area contributed by atoms with Gasteiger partial charge in [0.05, 0.1) is 0 Å². The summed E-state index contributed by atoms with van der Waals surface area (Å²) in [5, 5.41) is 10.7. The second-order valence-corrected chi connectivity index (χ2v) is 4.71. The van der Waals surface area contributed by atoms with Gasteiger partial charge in [0.25, 0.3) is 0 Å². The van der Waals surface area contributed by atoms with Gasteiger partial charge in [-0.3, -0.25) is 0 Å². The van der Waals surface area contributed by atoms with Gasteiger partial charge in [-0.1, -0.05) is 24.3 Å². The molecule has 1 heterocycles. The quantitative estimate of drug-likeness (QED) is 0.753. The van der Waals surface area contributed by atoms with Gasteiger partial charge in [-0.2, -0.15) is 0 Å². The molecule has 0 unspecified atom stereocenters. The second kappa shape index (κ2) is 4.78. The molecule has 96 valence electrons. The summed E-state index contributed by atoms with van der Waals surface area (Å²) in [7, 11) is 0. The van der Waals surface area contributed by atoms with Gasteiger partial charge < -0.3 is 15.4 Å². The molecule has 0 atom stereocenters. The SMILES string of the molecule is NCc1ccc2ccn(Cc3cccc(O)c3)c2c1. The Labute approximate surface area is 111 Å². The van der Waals surface area contributed by atoms with E-state index in [0.29, 0.717) is 12.3 Å². The highest BCUT2D eigenvalue weighted by Crippen LogP contribution is 2.20. The van der Waals surface area contributed by atoms with Crippen molar-refractivity contribution in [1.29, 1.82) is 0 Å². The van der Waals surface area contributed by atoms with Crippen molar-refractivity contribution in [2.24, 2.45) is 5.73 Å². The molecule has 0 saturated carbocycles. The molecule has 2 aromatic carbocycles. The number of hydrogen-bond acceptors (Lipinski definition) is 2. The Balaban J connectivity index is 2.00. The van der Waals surface area contributed by atoms with E-state index in [1.165, 1.54) is 10.9 Å². The molecule has 0 radical (unpaired) electrons. The fraction of sp³-hybridized carbons (Fsp3) is 0.125. The molecule has 0 aliphatic rings. The van der Waals surface area contributed by atoms with Crippen molar-refractivity contribution in [3.8, 4) is 5.75 Å². The average Bonchev–Trinajstić information content (AvgIpc) is 2.81. The Morgan fingerprint density at radius 2 is 1.89 bits per heavy atom. The van der Waals surface area contributed by atoms with Crippen LogP contribution in [0, 0.1) is 0 Å². The van der Waals surface area contributed by atoms with Crippen molar-refractivity contribution in [2.45, 2.75) is 13.1 Å². The maximum absolute atomic E-state index is 9.51. The van der Waals surface area contributed by atoms with E-state index in [9.17, 15) is 5.11 Å². The number of phenolic OH excluding ortho intramolecular Hbond substituents is 1. The number of phenols is 1. The summed E-state index contributed by atoms with van der Waals surface area (Å²) in [6.45, 7) is 1.29.